The third kappa shape index (κ3) is 9.53. The normalized spacial score (nSPS) is 11.2. The minimum absolute atomic E-state index is 0.460. The fourth-order valence-electron chi connectivity index (χ4n) is 4.92. The van der Waals surface area contributed by atoms with Crippen LogP contribution in [0.25, 0.3) is 0 Å². The molecule has 0 aliphatic carbocycles. The van der Waals surface area contributed by atoms with Gasteiger partial charge in [0.2, 0.25) is 7.28 Å². The minimum atomic E-state index is 0.460. The lowest BCUT2D eigenvalue weighted by atomic mass is 9.70. The van der Waals surface area contributed by atoms with Crippen molar-refractivity contribution in [2.75, 3.05) is 0 Å². The maximum Gasteiger partial charge on any atom is 0.201 e. The molecule has 3 aromatic rings. The van der Waals surface area contributed by atoms with Crippen LogP contribution in [0.4, 0.5) is 0 Å². The number of aryl methyl sites for hydroxylation is 1. The van der Waals surface area contributed by atoms with Gasteiger partial charge in [0.1, 0.15) is 0 Å². The van der Waals surface area contributed by atoms with Crippen molar-refractivity contribution in [3.05, 3.63) is 84.2 Å². The smallest absolute Gasteiger partial charge is 0.201 e. The van der Waals surface area contributed by atoms with E-state index >= 15 is 0 Å². The summed E-state index contributed by atoms with van der Waals surface area (Å²) < 4.78 is 2.34. The molecule has 1 aromatic heterocycles. The van der Waals surface area contributed by atoms with Crippen LogP contribution in [0, 0.1) is 0 Å². The number of imidazole rings is 1. The molecule has 0 spiro atoms. The first-order chi connectivity index (χ1) is 16.9. The van der Waals surface area contributed by atoms with Crippen molar-refractivity contribution in [1.29, 1.82) is 0 Å². The van der Waals surface area contributed by atoms with Crippen molar-refractivity contribution in [3.63, 3.8) is 0 Å². The highest BCUT2D eigenvalue weighted by molar-refractivity contribution is 6.51. The van der Waals surface area contributed by atoms with Gasteiger partial charge in [-0.2, -0.15) is 0 Å². The van der Waals surface area contributed by atoms with Gasteiger partial charge >= 0.3 is 0 Å². The molecule has 0 aliphatic rings. The first-order valence-electron chi connectivity index (χ1n) is 13.8. The Bertz CT molecular complexity index is 835. The van der Waals surface area contributed by atoms with Gasteiger partial charge in [-0.3, -0.25) is 4.98 Å². The fraction of sp³-hybridized carbons (Fsp3) is 0.516. The van der Waals surface area contributed by atoms with Crippen LogP contribution in [0.2, 0.25) is 6.32 Å². The van der Waals surface area contributed by atoms with Gasteiger partial charge in [-0.05, 0) is 24.0 Å². The zero-order chi connectivity index (χ0) is 23.7. The van der Waals surface area contributed by atoms with Gasteiger partial charge in [0.05, 0.1) is 5.72 Å². The van der Waals surface area contributed by atoms with Crippen LogP contribution in [-0.4, -0.2) is 16.8 Å². The Morgan fingerprint density at radius 3 is 1.85 bits per heavy atom. The molecule has 2 nitrogen and oxygen atoms in total. The van der Waals surface area contributed by atoms with Crippen molar-refractivity contribution in [2.24, 2.45) is 0 Å². The van der Waals surface area contributed by atoms with Crippen LogP contribution in [-0.2, 0) is 6.54 Å². The highest BCUT2D eigenvalue weighted by atomic mass is 15.0. The van der Waals surface area contributed by atoms with E-state index in [0.29, 0.717) is 5.92 Å². The predicted octanol–water partition coefficient (Wildman–Crippen LogP) is 8.16. The zero-order valence-electron chi connectivity index (χ0n) is 21.4. The summed E-state index contributed by atoms with van der Waals surface area (Å²) in [6, 6.07) is 21.9. The van der Waals surface area contributed by atoms with Gasteiger partial charge in [0.25, 0.3) is 0 Å². The summed E-state index contributed by atoms with van der Waals surface area (Å²) in [5, 5.41) is 0. The van der Waals surface area contributed by atoms with Crippen molar-refractivity contribution >= 4 is 13.0 Å². The highest BCUT2D eigenvalue weighted by Gasteiger charge is 2.14. The van der Waals surface area contributed by atoms with Crippen molar-refractivity contribution in [2.45, 2.75) is 103 Å². The molecule has 2 aromatic carbocycles. The second kappa shape index (κ2) is 16.4. The third-order valence-electron chi connectivity index (χ3n) is 6.93. The van der Waals surface area contributed by atoms with E-state index in [1.807, 2.05) is 6.20 Å². The van der Waals surface area contributed by atoms with E-state index in [2.05, 4.69) is 90.6 Å². The first kappa shape index (κ1) is 26.3. The maximum absolute atomic E-state index is 4.62. The van der Waals surface area contributed by atoms with Crippen LogP contribution in [0.15, 0.2) is 73.1 Å². The molecule has 34 heavy (non-hydrogen) atoms. The molecule has 0 unspecified atom stereocenters. The number of nitrogens with zero attached hydrogens (tertiary/aromatic N) is 2. The zero-order valence-corrected chi connectivity index (χ0v) is 21.4. The Hall–Kier alpha value is -2.29. The topological polar surface area (TPSA) is 17.8 Å². The molecule has 3 heteroatoms. The molecule has 0 saturated heterocycles. The van der Waals surface area contributed by atoms with Gasteiger partial charge in [-0.1, -0.05) is 138 Å². The molecule has 0 aliphatic heterocycles. The molecule has 0 bridgehead atoms. The van der Waals surface area contributed by atoms with Crippen LogP contribution in [0.1, 0.15) is 101 Å². The van der Waals surface area contributed by atoms with Crippen LogP contribution < -0.4 is 5.72 Å². The standard InChI is InChI=1S/C31H44BN2/c1-2-3-4-5-6-7-8-9-10-17-26-34-27-25-33-31(34)32-24-18-23-30(28-19-13-11-14-20-28)29-21-15-12-16-22-29/h11-16,19-22,25,27,30H,2-10,17-18,23-24,26H2,1H3. The van der Waals surface area contributed by atoms with Gasteiger partial charge in [0.15, 0.2) is 0 Å². The van der Waals surface area contributed by atoms with E-state index < -0.39 is 0 Å². The van der Waals surface area contributed by atoms with Crippen LogP contribution in [0.5, 0.6) is 0 Å². The number of unbranched alkanes of at least 4 members (excludes halogenated alkanes) is 9. The Balaban J connectivity index is 1.34. The largest absolute Gasteiger partial charge is 0.343 e. The Morgan fingerprint density at radius 2 is 1.26 bits per heavy atom. The maximum atomic E-state index is 4.62. The number of hydrogen-bond donors (Lipinski definition) is 0. The molecule has 181 valence electrons. The summed E-state index contributed by atoms with van der Waals surface area (Å²) in [6.45, 7) is 3.38. The SMILES string of the molecule is CCCCCCCCCCCCn1ccnc1[B]CCCC(c1ccccc1)c1ccccc1. The lowest BCUT2D eigenvalue weighted by Gasteiger charge is -2.18. The second-order valence-corrected chi connectivity index (χ2v) is 9.67. The van der Waals surface area contributed by atoms with E-state index in [1.54, 1.807) is 0 Å². The Labute approximate surface area is 209 Å². The van der Waals surface area contributed by atoms with Crippen molar-refractivity contribution in [1.82, 2.24) is 9.55 Å². The molecule has 1 radical (unpaired) electrons. The third-order valence-corrected chi connectivity index (χ3v) is 6.93. The monoisotopic (exact) mass is 455 g/mol. The number of rotatable bonds is 18. The summed E-state index contributed by atoms with van der Waals surface area (Å²) in [5.74, 6) is 0.460. The lowest BCUT2D eigenvalue weighted by molar-refractivity contribution is 0.537. The second-order valence-electron chi connectivity index (χ2n) is 9.67. The van der Waals surface area contributed by atoms with Crippen LogP contribution in [0.3, 0.4) is 0 Å². The Morgan fingerprint density at radius 1 is 0.706 bits per heavy atom. The number of hydrogen-bond acceptors (Lipinski definition) is 1. The van der Waals surface area contributed by atoms with E-state index in [9.17, 15) is 0 Å². The fourth-order valence-corrected chi connectivity index (χ4v) is 4.92. The van der Waals surface area contributed by atoms with Gasteiger partial charge < -0.3 is 4.57 Å². The van der Waals surface area contributed by atoms with Gasteiger partial charge in [-0.15, -0.1) is 0 Å². The summed E-state index contributed by atoms with van der Waals surface area (Å²) in [6.07, 6.45) is 21.3. The molecule has 0 N–H and O–H groups in total. The molecule has 3 rings (SSSR count). The first-order valence-corrected chi connectivity index (χ1v) is 13.8. The van der Waals surface area contributed by atoms with Crippen molar-refractivity contribution in [3.8, 4) is 0 Å². The van der Waals surface area contributed by atoms with E-state index in [-0.39, 0.29) is 0 Å². The van der Waals surface area contributed by atoms with E-state index in [1.165, 1.54) is 81.8 Å². The Kier molecular flexibility index (Phi) is 12.7. The quantitative estimate of drug-likeness (QED) is 0.140. The van der Waals surface area contributed by atoms with E-state index in [4.69, 9.17) is 0 Å². The van der Waals surface area contributed by atoms with E-state index in [0.717, 1.165) is 25.0 Å². The molecule has 0 saturated carbocycles. The highest BCUT2D eigenvalue weighted by Crippen LogP contribution is 2.29. The number of benzene rings is 2. The molecule has 0 atom stereocenters. The summed E-state index contributed by atoms with van der Waals surface area (Å²) in [7, 11) is 2.34. The van der Waals surface area contributed by atoms with Crippen molar-refractivity contribution < 1.29 is 0 Å². The summed E-state index contributed by atoms with van der Waals surface area (Å²) in [4.78, 5) is 4.62. The van der Waals surface area contributed by atoms with Crippen LogP contribution >= 0.6 is 0 Å². The molecule has 0 fully saturated rings. The van der Waals surface area contributed by atoms with Gasteiger partial charge in [-0.25, -0.2) is 0 Å². The molecular weight excluding hydrogens is 411 g/mol. The summed E-state index contributed by atoms with van der Waals surface area (Å²) >= 11 is 0. The number of aromatic nitrogens is 2. The predicted molar refractivity (Wildman–Crippen MR) is 148 cm³/mol. The molecule has 1 heterocycles. The lowest BCUT2D eigenvalue weighted by Crippen LogP contribution is -2.26. The van der Waals surface area contributed by atoms with Gasteiger partial charge in [0, 0.05) is 24.9 Å². The average molecular weight is 456 g/mol. The average Bonchev–Trinajstić information content (AvgIpc) is 3.33. The molecular formula is C31H44BN2. The molecule has 0 amide bonds. The summed E-state index contributed by atoms with van der Waals surface area (Å²) in [5.41, 5.74) is 3.97. The minimum Gasteiger partial charge on any atom is -0.343 e.